The standard InChI is InChI=1S/C13H11F3N2O2S/c1-13(2)4-9(18-20-13)21-5-7-10-8(19-17-7)3-6(14)11(15)12(10)16/h3H,4-5H2,1-2H3. The molecule has 8 heteroatoms. The lowest BCUT2D eigenvalue weighted by Gasteiger charge is -2.12. The smallest absolute Gasteiger partial charge is 0.195 e. The second-order valence-electron chi connectivity index (χ2n) is 5.29. The van der Waals surface area contributed by atoms with Crippen molar-refractivity contribution in [1.29, 1.82) is 0 Å². The summed E-state index contributed by atoms with van der Waals surface area (Å²) in [5, 5.41) is 8.18. The Kier molecular flexibility index (Phi) is 3.35. The zero-order valence-corrected chi connectivity index (χ0v) is 12.1. The quantitative estimate of drug-likeness (QED) is 0.786. The topological polar surface area (TPSA) is 47.6 Å². The SMILES string of the molecule is CC1(C)CC(SCc2noc3cc(F)c(F)c(F)c23)=NO1. The van der Waals surface area contributed by atoms with Crippen molar-refractivity contribution in [3.8, 4) is 0 Å². The summed E-state index contributed by atoms with van der Waals surface area (Å²) in [4.78, 5) is 5.21. The van der Waals surface area contributed by atoms with Gasteiger partial charge < -0.3 is 9.36 Å². The van der Waals surface area contributed by atoms with Crippen molar-refractivity contribution in [2.24, 2.45) is 5.16 Å². The van der Waals surface area contributed by atoms with Gasteiger partial charge >= 0.3 is 0 Å². The molecular formula is C13H11F3N2O2S. The number of thioether (sulfide) groups is 1. The first-order valence-corrected chi connectivity index (χ1v) is 7.15. The molecule has 0 aliphatic carbocycles. The summed E-state index contributed by atoms with van der Waals surface area (Å²) >= 11 is 1.30. The van der Waals surface area contributed by atoms with E-state index in [1.807, 2.05) is 13.8 Å². The average molecular weight is 316 g/mol. The molecule has 4 nitrogen and oxygen atoms in total. The van der Waals surface area contributed by atoms with Gasteiger partial charge in [-0.1, -0.05) is 10.3 Å². The van der Waals surface area contributed by atoms with Crippen molar-refractivity contribution < 1.29 is 22.5 Å². The third-order valence-electron chi connectivity index (χ3n) is 3.02. The first kappa shape index (κ1) is 14.2. The molecule has 1 aromatic heterocycles. The summed E-state index contributed by atoms with van der Waals surface area (Å²) in [6.07, 6.45) is 0.624. The summed E-state index contributed by atoms with van der Waals surface area (Å²) in [7, 11) is 0. The Labute approximate surface area is 122 Å². The van der Waals surface area contributed by atoms with E-state index in [0.717, 1.165) is 11.1 Å². The highest BCUT2D eigenvalue weighted by Gasteiger charge is 2.29. The Hall–Kier alpha value is -1.70. The van der Waals surface area contributed by atoms with Gasteiger partial charge in [0.2, 0.25) is 0 Å². The largest absolute Gasteiger partial charge is 0.389 e. The van der Waals surface area contributed by atoms with Crippen LogP contribution in [0.2, 0.25) is 0 Å². The Morgan fingerprint density at radius 2 is 2.05 bits per heavy atom. The number of hydrogen-bond acceptors (Lipinski definition) is 5. The molecule has 0 radical (unpaired) electrons. The second kappa shape index (κ2) is 4.94. The summed E-state index contributed by atoms with van der Waals surface area (Å²) in [6, 6.07) is 0.786. The fourth-order valence-corrected chi connectivity index (χ4v) is 3.03. The van der Waals surface area contributed by atoms with E-state index < -0.39 is 17.5 Å². The van der Waals surface area contributed by atoms with E-state index >= 15 is 0 Å². The van der Waals surface area contributed by atoms with Gasteiger partial charge in [-0.25, -0.2) is 13.2 Å². The summed E-state index contributed by atoms with van der Waals surface area (Å²) < 4.78 is 45.0. The predicted octanol–water partition coefficient (Wildman–Crippen LogP) is 3.99. The fraction of sp³-hybridized carbons (Fsp3) is 0.385. The van der Waals surface area contributed by atoms with Gasteiger partial charge in [-0.3, -0.25) is 0 Å². The molecule has 2 heterocycles. The maximum absolute atomic E-state index is 13.8. The van der Waals surface area contributed by atoms with Crippen molar-refractivity contribution in [1.82, 2.24) is 5.16 Å². The second-order valence-corrected chi connectivity index (χ2v) is 6.34. The molecule has 1 aliphatic heterocycles. The zero-order chi connectivity index (χ0) is 15.2. The number of benzene rings is 1. The monoisotopic (exact) mass is 316 g/mol. The van der Waals surface area contributed by atoms with Crippen LogP contribution in [0.4, 0.5) is 13.2 Å². The lowest BCUT2D eigenvalue weighted by molar-refractivity contribution is 0.0123. The number of nitrogens with zero attached hydrogens (tertiary/aromatic N) is 2. The number of oxime groups is 1. The lowest BCUT2D eigenvalue weighted by atomic mass is 10.1. The molecule has 1 aromatic carbocycles. The van der Waals surface area contributed by atoms with E-state index in [2.05, 4.69) is 10.3 Å². The number of hydrogen-bond donors (Lipinski definition) is 0. The van der Waals surface area contributed by atoms with Gasteiger partial charge in [0, 0.05) is 18.2 Å². The van der Waals surface area contributed by atoms with Gasteiger partial charge in [-0.05, 0) is 13.8 Å². The van der Waals surface area contributed by atoms with E-state index in [0.29, 0.717) is 6.42 Å². The normalized spacial score (nSPS) is 17.1. The van der Waals surface area contributed by atoms with Crippen molar-refractivity contribution in [2.75, 3.05) is 0 Å². The fourth-order valence-electron chi connectivity index (χ4n) is 1.99. The maximum atomic E-state index is 13.8. The highest BCUT2D eigenvalue weighted by molar-refractivity contribution is 8.13. The van der Waals surface area contributed by atoms with E-state index in [9.17, 15) is 13.2 Å². The highest BCUT2D eigenvalue weighted by atomic mass is 32.2. The first-order chi connectivity index (χ1) is 9.87. The van der Waals surface area contributed by atoms with Crippen molar-refractivity contribution in [3.05, 3.63) is 29.2 Å². The number of aromatic nitrogens is 1. The third-order valence-corrected chi connectivity index (χ3v) is 3.99. The van der Waals surface area contributed by atoms with Gasteiger partial charge in [-0.15, -0.1) is 11.8 Å². The van der Waals surface area contributed by atoms with Crippen molar-refractivity contribution >= 4 is 27.8 Å². The lowest BCUT2D eigenvalue weighted by Crippen LogP contribution is -2.18. The number of fused-ring (bicyclic) bond motifs is 1. The van der Waals surface area contributed by atoms with Gasteiger partial charge in [0.25, 0.3) is 0 Å². The van der Waals surface area contributed by atoms with Crippen LogP contribution in [-0.4, -0.2) is 15.8 Å². The minimum atomic E-state index is -1.53. The van der Waals surface area contributed by atoms with E-state index in [4.69, 9.17) is 9.36 Å². The molecule has 2 aromatic rings. The summed E-state index contributed by atoms with van der Waals surface area (Å²) in [5.41, 5.74) is -0.278. The molecular weight excluding hydrogens is 305 g/mol. The van der Waals surface area contributed by atoms with Crippen LogP contribution >= 0.6 is 11.8 Å². The molecule has 0 N–H and O–H groups in total. The minimum Gasteiger partial charge on any atom is -0.389 e. The third kappa shape index (κ3) is 2.59. The molecule has 0 bridgehead atoms. The Bertz CT molecular complexity index is 743. The number of rotatable bonds is 2. The van der Waals surface area contributed by atoms with E-state index in [-0.39, 0.29) is 28.0 Å². The zero-order valence-electron chi connectivity index (χ0n) is 11.2. The predicted molar refractivity (Wildman–Crippen MR) is 72.4 cm³/mol. The van der Waals surface area contributed by atoms with E-state index in [1.54, 1.807) is 0 Å². The average Bonchev–Trinajstić information content (AvgIpc) is 2.97. The van der Waals surface area contributed by atoms with Crippen LogP contribution in [0.5, 0.6) is 0 Å². The van der Waals surface area contributed by atoms with Crippen molar-refractivity contribution in [3.63, 3.8) is 0 Å². The van der Waals surface area contributed by atoms with Crippen molar-refractivity contribution in [2.45, 2.75) is 31.6 Å². The van der Waals surface area contributed by atoms with Gasteiger partial charge in [0.1, 0.15) is 16.3 Å². The van der Waals surface area contributed by atoms with Gasteiger partial charge in [-0.2, -0.15) is 0 Å². The van der Waals surface area contributed by atoms with Gasteiger partial charge in [0.05, 0.1) is 5.39 Å². The molecule has 21 heavy (non-hydrogen) atoms. The molecule has 0 unspecified atom stereocenters. The van der Waals surface area contributed by atoms with Gasteiger partial charge in [0.15, 0.2) is 23.0 Å². The molecule has 0 spiro atoms. The molecule has 0 amide bonds. The molecule has 3 rings (SSSR count). The van der Waals surface area contributed by atoms with Crippen LogP contribution < -0.4 is 0 Å². The number of halogens is 3. The molecule has 0 atom stereocenters. The van der Waals surface area contributed by atoms with Crippen LogP contribution in [0.3, 0.4) is 0 Å². The van der Waals surface area contributed by atoms with E-state index in [1.165, 1.54) is 11.8 Å². The minimum absolute atomic E-state index is 0.119. The molecule has 0 fully saturated rings. The Morgan fingerprint density at radius 3 is 2.71 bits per heavy atom. The Morgan fingerprint density at radius 1 is 1.29 bits per heavy atom. The first-order valence-electron chi connectivity index (χ1n) is 6.17. The maximum Gasteiger partial charge on any atom is 0.195 e. The van der Waals surface area contributed by atoms with Crippen LogP contribution in [-0.2, 0) is 10.6 Å². The molecule has 0 saturated heterocycles. The van der Waals surface area contributed by atoms with Crippen LogP contribution in [0, 0.1) is 17.5 Å². The summed E-state index contributed by atoms with van der Waals surface area (Å²) in [5.74, 6) is -3.88. The molecule has 1 aliphatic rings. The van der Waals surface area contributed by atoms with Crippen LogP contribution in [0.1, 0.15) is 26.0 Å². The highest BCUT2D eigenvalue weighted by Crippen LogP contribution is 2.32. The molecule has 0 saturated carbocycles. The van der Waals surface area contributed by atoms with Crippen LogP contribution in [0.15, 0.2) is 15.7 Å². The summed E-state index contributed by atoms with van der Waals surface area (Å²) in [6.45, 7) is 3.79. The van der Waals surface area contributed by atoms with Crippen LogP contribution in [0.25, 0.3) is 11.0 Å². The Balaban J connectivity index is 1.84. The molecule has 112 valence electrons.